The standard InChI is InChI=1S/C12H14N4O3S/c1-3-16-9(4-7(2)15-16)11(19)14-12-13-8(6-20-12)5-10(17)18/h4,6H,3,5H2,1-2H3,(H,17,18)(H,13,14,19). The van der Waals surface area contributed by atoms with Crippen molar-refractivity contribution >= 4 is 28.3 Å². The van der Waals surface area contributed by atoms with Crippen LogP contribution in [0, 0.1) is 6.92 Å². The molecule has 0 aliphatic rings. The molecule has 106 valence electrons. The maximum Gasteiger partial charge on any atom is 0.309 e. The van der Waals surface area contributed by atoms with Crippen molar-refractivity contribution in [3.05, 3.63) is 28.5 Å². The predicted octanol–water partition coefficient (Wildman–Crippen LogP) is 1.55. The lowest BCUT2D eigenvalue weighted by atomic mass is 10.3. The largest absolute Gasteiger partial charge is 0.481 e. The lowest BCUT2D eigenvalue weighted by Crippen LogP contribution is -2.17. The number of hydrogen-bond acceptors (Lipinski definition) is 5. The van der Waals surface area contributed by atoms with E-state index in [1.165, 1.54) is 11.3 Å². The number of anilines is 1. The van der Waals surface area contributed by atoms with Gasteiger partial charge in [0.05, 0.1) is 17.8 Å². The molecule has 7 nitrogen and oxygen atoms in total. The third kappa shape index (κ3) is 3.21. The molecule has 0 bridgehead atoms. The molecule has 0 aliphatic heterocycles. The second-order valence-electron chi connectivity index (χ2n) is 4.16. The van der Waals surface area contributed by atoms with Gasteiger partial charge in [-0.2, -0.15) is 5.10 Å². The van der Waals surface area contributed by atoms with Crippen LogP contribution in [0.3, 0.4) is 0 Å². The number of carboxylic acid groups (broad SMARTS) is 1. The second kappa shape index (κ2) is 5.83. The van der Waals surface area contributed by atoms with Crippen LogP contribution in [0.25, 0.3) is 0 Å². The molecule has 0 spiro atoms. The van der Waals surface area contributed by atoms with Gasteiger partial charge in [-0.25, -0.2) is 4.98 Å². The number of nitrogens with one attached hydrogen (secondary N) is 1. The summed E-state index contributed by atoms with van der Waals surface area (Å²) in [5.74, 6) is -1.25. The molecule has 8 heteroatoms. The summed E-state index contributed by atoms with van der Waals surface area (Å²) in [6.07, 6.45) is -0.154. The zero-order valence-corrected chi connectivity index (χ0v) is 11.9. The predicted molar refractivity (Wildman–Crippen MR) is 74.0 cm³/mol. The number of carboxylic acids is 1. The van der Waals surface area contributed by atoms with Gasteiger partial charge < -0.3 is 5.11 Å². The van der Waals surface area contributed by atoms with Crippen molar-refractivity contribution in [1.29, 1.82) is 0 Å². The highest BCUT2D eigenvalue weighted by Crippen LogP contribution is 2.17. The van der Waals surface area contributed by atoms with Crippen LogP contribution in [0.15, 0.2) is 11.4 Å². The fraction of sp³-hybridized carbons (Fsp3) is 0.333. The van der Waals surface area contributed by atoms with Gasteiger partial charge in [0.15, 0.2) is 5.13 Å². The van der Waals surface area contributed by atoms with E-state index in [0.29, 0.717) is 23.1 Å². The van der Waals surface area contributed by atoms with Crippen molar-refractivity contribution in [2.75, 3.05) is 5.32 Å². The van der Waals surface area contributed by atoms with E-state index in [4.69, 9.17) is 5.11 Å². The summed E-state index contributed by atoms with van der Waals surface area (Å²) in [6, 6.07) is 1.70. The maximum absolute atomic E-state index is 12.1. The Balaban J connectivity index is 2.11. The fourth-order valence-corrected chi connectivity index (χ4v) is 2.44. The van der Waals surface area contributed by atoms with E-state index in [2.05, 4.69) is 15.4 Å². The van der Waals surface area contributed by atoms with Crippen molar-refractivity contribution < 1.29 is 14.7 Å². The molecule has 2 N–H and O–H groups in total. The third-order valence-electron chi connectivity index (χ3n) is 2.54. The first-order valence-electron chi connectivity index (χ1n) is 6.01. The van der Waals surface area contributed by atoms with Gasteiger partial charge in [0, 0.05) is 11.9 Å². The van der Waals surface area contributed by atoms with Crippen LogP contribution in [-0.2, 0) is 17.8 Å². The molecular formula is C12H14N4O3S. The van der Waals surface area contributed by atoms with E-state index in [-0.39, 0.29) is 12.3 Å². The number of carbonyl (C=O) groups is 2. The molecule has 0 atom stereocenters. The van der Waals surface area contributed by atoms with E-state index >= 15 is 0 Å². The second-order valence-corrected chi connectivity index (χ2v) is 5.01. The molecule has 2 heterocycles. The number of amides is 1. The molecule has 0 unspecified atom stereocenters. The molecule has 1 amide bonds. The summed E-state index contributed by atoms with van der Waals surface area (Å²) in [7, 11) is 0. The van der Waals surface area contributed by atoms with Gasteiger partial charge in [-0.15, -0.1) is 11.3 Å². The van der Waals surface area contributed by atoms with Crippen LogP contribution in [-0.4, -0.2) is 31.7 Å². The molecule has 0 saturated carbocycles. The summed E-state index contributed by atoms with van der Waals surface area (Å²) in [6.45, 7) is 4.31. The Morgan fingerprint density at radius 3 is 2.90 bits per heavy atom. The number of aryl methyl sites for hydroxylation is 2. The van der Waals surface area contributed by atoms with Crippen molar-refractivity contribution in [2.45, 2.75) is 26.8 Å². The molecule has 0 aliphatic carbocycles. The van der Waals surface area contributed by atoms with Crippen molar-refractivity contribution in [3.8, 4) is 0 Å². The Morgan fingerprint density at radius 2 is 2.25 bits per heavy atom. The van der Waals surface area contributed by atoms with Gasteiger partial charge in [0.1, 0.15) is 5.69 Å². The fourth-order valence-electron chi connectivity index (χ4n) is 1.73. The Kier molecular flexibility index (Phi) is 4.14. The van der Waals surface area contributed by atoms with Crippen LogP contribution in [0.2, 0.25) is 0 Å². The maximum atomic E-state index is 12.1. The zero-order chi connectivity index (χ0) is 14.7. The molecule has 20 heavy (non-hydrogen) atoms. The Morgan fingerprint density at radius 1 is 1.50 bits per heavy atom. The van der Waals surface area contributed by atoms with Crippen LogP contribution in [0.4, 0.5) is 5.13 Å². The molecular weight excluding hydrogens is 280 g/mol. The number of hydrogen-bond donors (Lipinski definition) is 2. The Labute approximate surface area is 119 Å². The number of carbonyl (C=O) groups excluding carboxylic acids is 1. The number of nitrogens with zero attached hydrogens (tertiary/aromatic N) is 3. The normalized spacial score (nSPS) is 10.5. The lowest BCUT2D eigenvalue weighted by Gasteiger charge is -2.03. The van der Waals surface area contributed by atoms with Gasteiger partial charge in [0.25, 0.3) is 5.91 Å². The van der Waals surface area contributed by atoms with E-state index < -0.39 is 5.97 Å². The highest BCUT2D eigenvalue weighted by atomic mass is 32.1. The molecule has 0 aromatic carbocycles. The number of rotatable bonds is 5. The highest BCUT2D eigenvalue weighted by molar-refractivity contribution is 7.14. The highest BCUT2D eigenvalue weighted by Gasteiger charge is 2.15. The minimum absolute atomic E-state index is 0.154. The van der Waals surface area contributed by atoms with E-state index in [0.717, 1.165) is 5.69 Å². The number of aromatic nitrogens is 3. The smallest absolute Gasteiger partial charge is 0.309 e. The van der Waals surface area contributed by atoms with E-state index in [1.807, 2.05) is 13.8 Å². The third-order valence-corrected chi connectivity index (χ3v) is 3.35. The van der Waals surface area contributed by atoms with Crippen molar-refractivity contribution in [2.24, 2.45) is 0 Å². The van der Waals surface area contributed by atoms with Crippen LogP contribution in [0.1, 0.15) is 28.8 Å². The topological polar surface area (TPSA) is 97.1 Å². The first-order chi connectivity index (χ1) is 9.49. The summed E-state index contributed by atoms with van der Waals surface area (Å²) >= 11 is 1.20. The first-order valence-corrected chi connectivity index (χ1v) is 6.89. The lowest BCUT2D eigenvalue weighted by molar-refractivity contribution is -0.136. The summed E-state index contributed by atoms with van der Waals surface area (Å²) in [5.41, 5.74) is 1.65. The summed E-state index contributed by atoms with van der Waals surface area (Å²) in [4.78, 5) is 26.7. The molecule has 0 radical (unpaired) electrons. The van der Waals surface area contributed by atoms with Gasteiger partial charge in [0.2, 0.25) is 0 Å². The van der Waals surface area contributed by atoms with Gasteiger partial charge in [-0.05, 0) is 19.9 Å². The summed E-state index contributed by atoms with van der Waals surface area (Å²) < 4.78 is 1.61. The van der Waals surface area contributed by atoms with Crippen LogP contribution < -0.4 is 5.32 Å². The molecule has 2 aromatic rings. The van der Waals surface area contributed by atoms with Gasteiger partial charge in [-0.3, -0.25) is 19.6 Å². The zero-order valence-electron chi connectivity index (χ0n) is 11.1. The quantitative estimate of drug-likeness (QED) is 0.872. The van der Waals surface area contributed by atoms with Crippen molar-refractivity contribution in [3.63, 3.8) is 0 Å². The van der Waals surface area contributed by atoms with Crippen LogP contribution >= 0.6 is 11.3 Å². The minimum Gasteiger partial charge on any atom is -0.481 e. The van der Waals surface area contributed by atoms with E-state index in [1.54, 1.807) is 16.1 Å². The first kappa shape index (κ1) is 14.2. The average molecular weight is 294 g/mol. The van der Waals surface area contributed by atoms with Crippen LogP contribution in [0.5, 0.6) is 0 Å². The molecule has 0 saturated heterocycles. The average Bonchev–Trinajstić information content (AvgIpc) is 2.95. The van der Waals surface area contributed by atoms with Gasteiger partial charge >= 0.3 is 5.97 Å². The Bertz CT molecular complexity index is 647. The minimum atomic E-state index is -0.951. The number of aliphatic carboxylic acids is 1. The molecule has 2 aromatic heterocycles. The Hall–Kier alpha value is -2.22. The van der Waals surface area contributed by atoms with Crippen molar-refractivity contribution in [1.82, 2.24) is 14.8 Å². The number of thiazole rings is 1. The summed E-state index contributed by atoms with van der Waals surface area (Å²) in [5, 5.41) is 17.5. The molecule has 0 fully saturated rings. The SMILES string of the molecule is CCn1nc(C)cc1C(=O)Nc1nc(CC(=O)O)cs1. The molecule has 2 rings (SSSR count). The van der Waals surface area contributed by atoms with E-state index in [9.17, 15) is 9.59 Å². The van der Waals surface area contributed by atoms with Gasteiger partial charge in [-0.1, -0.05) is 0 Å². The monoisotopic (exact) mass is 294 g/mol.